The molecule has 0 spiro atoms. The Morgan fingerprint density at radius 2 is 2.00 bits per heavy atom. The summed E-state index contributed by atoms with van der Waals surface area (Å²) in [5, 5.41) is 0.389. The molecule has 1 aromatic carbocycles. The number of ether oxygens (including phenoxy) is 1. The van der Waals surface area contributed by atoms with E-state index in [4.69, 9.17) is 22.1 Å². The van der Waals surface area contributed by atoms with Gasteiger partial charge in [-0.3, -0.25) is 0 Å². The fourth-order valence-electron chi connectivity index (χ4n) is 2.15. The zero-order valence-electron chi connectivity index (χ0n) is 10.9. The molecule has 2 rings (SSSR count). The van der Waals surface area contributed by atoms with Gasteiger partial charge in [-0.05, 0) is 31.0 Å². The van der Waals surface area contributed by atoms with E-state index in [1.807, 2.05) is 27.0 Å². The van der Waals surface area contributed by atoms with Crippen LogP contribution in [0.3, 0.4) is 0 Å². The van der Waals surface area contributed by atoms with E-state index in [-0.39, 0.29) is 0 Å². The molecule has 0 saturated heterocycles. The maximum Gasteiger partial charge on any atom is 0.201 e. The number of aromatic nitrogens is 2. The molecule has 1 heterocycles. The minimum atomic E-state index is 0.386. The third kappa shape index (κ3) is 1.93. The number of anilines is 1. The Morgan fingerprint density at radius 1 is 1.33 bits per heavy atom. The summed E-state index contributed by atoms with van der Waals surface area (Å²) in [6.07, 6.45) is 0. The monoisotopic (exact) mass is 265 g/mol. The minimum absolute atomic E-state index is 0.386. The van der Waals surface area contributed by atoms with E-state index in [0.717, 1.165) is 28.1 Å². The van der Waals surface area contributed by atoms with Crippen LogP contribution in [0.4, 0.5) is 5.95 Å². The molecule has 18 heavy (non-hydrogen) atoms. The molecule has 0 aliphatic heterocycles. The van der Waals surface area contributed by atoms with Crippen LogP contribution < -0.4 is 10.5 Å². The van der Waals surface area contributed by atoms with E-state index in [9.17, 15) is 0 Å². The topological polar surface area (TPSA) is 53.1 Å². The van der Waals surface area contributed by atoms with Crippen LogP contribution in [-0.4, -0.2) is 16.7 Å². The molecule has 4 nitrogen and oxygen atoms in total. The minimum Gasteiger partial charge on any atom is -0.496 e. The average Bonchev–Trinajstić information content (AvgIpc) is 2.54. The summed E-state index contributed by atoms with van der Waals surface area (Å²) >= 11 is 6.16. The first kappa shape index (κ1) is 12.8. The van der Waals surface area contributed by atoms with Crippen molar-refractivity contribution < 1.29 is 4.74 Å². The normalized spacial score (nSPS) is 10.7. The van der Waals surface area contributed by atoms with Crippen molar-refractivity contribution >= 4 is 17.5 Å². The van der Waals surface area contributed by atoms with Gasteiger partial charge in [0.2, 0.25) is 5.95 Å². The predicted molar refractivity (Wildman–Crippen MR) is 74.1 cm³/mol. The summed E-state index contributed by atoms with van der Waals surface area (Å²) in [4.78, 5) is 4.08. The number of methoxy groups -OCH3 is 1. The van der Waals surface area contributed by atoms with Gasteiger partial charge in [0.1, 0.15) is 5.75 Å². The number of nitrogen functional groups attached to an aromatic ring is 1. The Bertz CT molecular complexity index is 605. The van der Waals surface area contributed by atoms with Gasteiger partial charge in [0, 0.05) is 12.6 Å². The second-order valence-electron chi connectivity index (χ2n) is 4.33. The van der Waals surface area contributed by atoms with Crippen LogP contribution in [0.2, 0.25) is 5.15 Å². The first-order valence-corrected chi connectivity index (χ1v) is 5.96. The SMILES string of the molecule is COc1cc(C)cc(C)c1-c1c(Cl)nc(N)n1C. The van der Waals surface area contributed by atoms with E-state index < -0.39 is 0 Å². The zero-order valence-corrected chi connectivity index (χ0v) is 11.7. The number of nitrogens with two attached hydrogens (primary N) is 1. The van der Waals surface area contributed by atoms with Gasteiger partial charge in [-0.1, -0.05) is 17.7 Å². The number of benzene rings is 1. The summed E-state index contributed by atoms with van der Waals surface area (Å²) in [5.41, 5.74) is 9.71. The molecular weight excluding hydrogens is 250 g/mol. The van der Waals surface area contributed by atoms with Crippen molar-refractivity contribution in [3.63, 3.8) is 0 Å². The van der Waals surface area contributed by atoms with Crippen LogP contribution in [0.15, 0.2) is 12.1 Å². The molecular formula is C13H16ClN3O. The van der Waals surface area contributed by atoms with Gasteiger partial charge in [-0.15, -0.1) is 0 Å². The molecule has 96 valence electrons. The number of hydrogen-bond donors (Lipinski definition) is 1. The molecule has 2 N–H and O–H groups in total. The molecule has 0 unspecified atom stereocenters. The van der Waals surface area contributed by atoms with Crippen molar-refractivity contribution in [2.45, 2.75) is 13.8 Å². The van der Waals surface area contributed by atoms with E-state index in [0.29, 0.717) is 11.1 Å². The van der Waals surface area contributed by atoms with Crippen molar-refractivity contribution in [2.75, 3.05) is 12.8 Å². The Labute approximate surface area is 111 Å². The van der Waals surface area contributed by atoms with Gasteiger partial charge in [0.15, 0.2) is 5.15 Å². The summed E-state index contributed by atoms with van der Waals surface area (Å²) in [7, 11) is 3.48. The van der Waals surface area contributed by atoms with Gasteiger partial charge in [-0.25, -0.2) is 4.98 Å². The number of rotatable bonds is 2. The van der Waals surface area contributed by atoms with Crippen molar-refractivity contribution in [3.05, 3.63) is 28.4 Å². The van der Waals surface area contributed by atoms with Crippen LogP contribution in [0.1, 0.15) is 11.1 Å². The third-order valence-electron chi connectivity index (χ3n) is 2.99. The molecule has 0 amide bonds. The summed E-state index contributed by atoms with van der Waals surface area (Å²) < 4.78 is 7.21. The van der Waals surface area contributed by atoms with E-state index >= 15 is 0 Å². The van der Waals surface area contributed by atoms with Gasteiger partial charge < -0.3 is 15.0 Å². The second-order valence-corrected chi connectivity index (χ2v) is 4.69. The predicted octanol–water partition coefficient (Wildman–Crippen LogP) is 2.95. The van der Waals surface area contributed by atoms with Crippen molar-refractivity contribution in [2.24, 2.45) is 7.05 Å². The summed E-state index contributed by atoms with van der Waals surface area (Å²) in [5.74, 6) is 1.16. The van der Waals surface area contributed by atoms with E-state index in [1.165, 1.54) is 0 Å². The molecule has 1 aromatic heterocycles. The number of halogens is 1. The fraction of sp³-hybridized carbons (Fsp3) is 0.308. The van der Waals surface area contributed by atoms with Crippen LogP contribution in [-0.2, 0) is 7.05 Å². The molecule has 0 bridgehead atoms. The lowest BCUT2D eigenvalue weighted by atomic mass is 10.0. The smallest absolute Gasteiger partial charge is 0.201 e. The molecule has 2 aromatic rings. The van der Waals surface area contributed by atoms with Crippen LogP contribution in [0.5, 0.6) is 5.75 Å². The Hall–Kier alpha value is -1.68. The Morgan fingerprint density at radius 3 is 2.50 bits per heavy atom. The molecule has 0 fully saturated rings. The van der Waals surface area contributed by atoms with Crippen LogP contribution >= 0.6 is 11.6 Å². The Kier molecular flexibility index (Phi) is 3.22. The lowest BCUT2D eigenvalue weighted by Gasteiger charge is -2.14. The van der Waals surface area contributed by atoms with Gasteiger partial charge >= 0.3 is 0 Å². The average molecular weight is 266 g/mol. The molecule has 0 saturated carbocycles. The first-order valence-electron chi connectivity index (χ1n) is 5.59. The van der Waals surface area contributed by atoms with Crippen molar-refractivity contribution in [1.29, 1.82) is 0 Å². The molecule has 5 heteroatoms. The second kappa shape index (κ2) is 4.53. The van der Waals surface area contributed by atoms with Crippen molar-refractivity contribution in [3.8, 4) is 17.0 Å². The molecule has 0 atom stereocenters. The number of aryl methyl sites for hydroxylation is 2. The maximum atomic E-state index is 6.16. The summed E-state index contributed by atoms with van der Waals surface area (Å²) in [6, 6.07) is 4.05. The van der Waals surface area contributed by atoms with Crippen LogP contribution in [0.25, 0.3) is 11.3 Å². The standard InChI is InChI=1S/C13H16ClN3O/c1-7-5-8(2)10(9(6-7)18-4)11-12(14)16-13(15)17(11)3/h5-6H,1-4H3,(H2,15,16). The molecule has 0 radical (unpaired) electrons. The quantitative estimate of drug-likeness (QED) is 0.908. The van der Waals surface area contributed by atoms with E-state index in [2.05, 4.69) is 11.1 Å². The van der Waals surface area contributed by atoms with Crippen LogP contribution in [0, 0.1) is 13.8 Å². The highest BCUT2D eigenvalue weighted by Crippen LogP contribution is 2.38. The zero-order chi connectivity index (χ0) is 13.4. The first-order chi connectivity index (χ1) is 8.45. The van der Waals surface area contributed by atoms with Gasteiger partial charge in [0.05, 0.1) is 12.8 Å². The third-order valence-corrected chi connectivity index (χ3v) is 3.25. The highest BCUT2D eigenvalue weighted by Gasteiger charge is 2.19. The highest BCUT2D eigenvalue weighted by molar-refractivity contribution is 6.32. The van der Waals surface area contributed by atoms with Gasteiger partial charge in [0.25, 0.3) is 0 Å². The number of nitrogens with zero attached hydrogens (tertiary/aromatic N) is 2. The summed E-state index contributed by atoms with van der Waals surface area (Å²) in [6.45, 7) is 4.04. The van der Waals surface area contributed by atoms with Gasteiger partial charge in [-0.2, -0.15) is 0 Å². The fourth-order valence-corrected chi connectivity index (χ4v) is 2.45. The highest BCUT2D eigenvalue weighted by atomic mass is 35.5. The van der Waals surface area contributed by atoms with Crippen molar-refractivity contribution in [1.82, 2.24) is 9.55 Å². The maximum absolute atomic E-state index is 6.16. The molecule has 0 aliphatic carbocycles. The lowest BCUT2D eigenvalue weighted by Crippen LogP contribution is -2.01. The number of hydrogen-bond acceptors (Lipinski definition) is 3. The molecule has 0 aliphatic rings. The number of imidazole rings is 1. The largest absolute Gasteiger partial charge is 0.496 e. The van der Waals surface area contributed by atoms with E-state index in [1.54, 1.807) is 11.7 Å². The Balaban J connectivity index is 2.78. The lowest BCUT2D eigenvalue weighted by molar-refractivity contribution is 0.415.